The zero-order valence-corrected chi connectivity index (χ0v) is 7.60. The first kappa shape index (κ1) is 8.74. The molecule has 0 unspecified atom stereocenters. The molecular formula is C8H11N5O. The van der Waals surface area contributed by atoms with Crippen molar-refractivity contribution in [2.75, 3.05) is 0 Å². The summed E-state index contributed by atoms with van der Waals surface area (Å²) in [6, 6.07) is 0. The van der Waals surface area contributed by atoms with E-state index in [4.69, 9.17) is 0 Å². The van der Waals surface area contributed by atoms with E-state index in [1.807, 2.05) is 0 Å². The third-order valence-electron chi connectivity index (χ3n) is 1.99. The molecule has 0 aliphatic rings. The molecule has 74 valence electrons. The lowest BCUT2D eigenvalue weighted by atomic mass is 10.3. The molecule has 2 heterocycles. The zero-order valence-electron chi connectivity index (χ0n) is 7.60. The monoisotopic (exact) mass is 193 g/mol. The van der Waals surface area contributed by atoms with Crippen LogP contribution in [0.4, 0.5) is 0 Å². The number of aromatic nitrogens is 5. The number of rotatable bonds is 4. The average Bonchev–Trinajstić information content (AvgIpc) is 2.78. The number of hydrogen-bond donors (Lipinski definition) is 2. The Bertz CT molecular complexity index is 427. The van der Waals surface area contributed by atoms with Gasteiger partial charge in [0, 0.05) is 25.4 Å². The van der Waals surface area contributed by atoms with E-state index in [0.717, 1.165) is 18.7 Å². The topological polar surface area (TPSA) is 79.4 Å². The number of aryl methyl sites for hydroxylation is 2. The molecule has 0 aliphatic carbocycles. The van der Waals surface area contributed by atoms with Crippen molar-refractivity contribution in [2.24, 2.45) is 0 Å². The molecule has 2 aromatic rings. The van der Waals surface area contributed by atoms with Gasteiger partial charge in [-0.3, -0.25) is 4.57 Å². The standard InChI is InChI=1S/C8H11N5O/c14-8-12-11-6-13(8)5-1-2-7-9-3-4-10-7/h3-4,6H,1-2,5H2,(H,9,10)(H,12,14). The summed E-state index contributed by atoms with van der Waals surface area (Å²) in [4.78, 5) is 18.1. The van der Waals surface area contributed by atoms with Crippen molar-refractivity contribution in [3.8, 4) is 0 Å². The highest BCUT2D eigenvalue weighted by molar-refractivity contribution is 4.86. The minimum atomic E-state index is -0.163. The van der Waals surface area contributed by atoms with Crippen LogP contribution in [0.2, 0.25) is 0 Å². The van der Waals surface area contributed by atoms with Crippen LogP contribution in [0.25, 0.3) is 0 Å². The third kappa shape index (κ3) is 1.90. The van der Waals surface area contributed by atoms with Gasteiger partial charge in [-0.2, -0.15) is 5.10 Å². The lowest BCUT2D eigenvalue weighted by Gasteiger charge is -1.97. The van der Waals surface area contributed by atoms with Crippen molar-refractivity contribution in [3.05, 3.63) is 35.0 Å². The molecule has 0 radical (unpaired) electrons. The molecular weight excluding hydrogens is 182 g/mol. The maximum Gasteiger partial charge on any atom is 0.343 e. The largest absolute Gasteiger partial charge is 0.349 e. The predicted octanol–water partition coefficient (Wildman–Crippen LogP) is -0.0727. The first-order valence-electron chi connectivity index (χ1n) is 4.44. The Morgan fingerprint density at radius 3 is 3.07 bits per heavy atom. The molecule has 0 aromatic carbocycles. The van der Waals surface area contributed by atoms with Crippen LogP contribution in [0.5, 0.6) is 0 Å². The summed E-state index contributed by atoms with van der Waals surface area (Å²) in [5.74, 6) is 0.946. The van der Waals surface area contributed by atoms with E-state index in [2.05, 4.69) is 20.2 Å². The Kier molecular flexibility index (Phi) is 2.44. The van der Waals surface area contributed by atoms with Crippen LogP contribution in [0.3, 0.4) is 0 Å². The molecule has 2 N–H and O–H groups in total. The maximum atomic E-state index is 11.0. The van der Waals surface area contributed by atoms with Gasteiger partial charge in [0.05, 0.1) is 0 Å². The minimum absolute atomic E-state index is 0.163. The summed E-state index contributed by atoms with van der Waals surface area (Å²) < 4.78 is 1.54. The quantitative estimate of drug-likeness (QED) is 0.713. The van der Waals surface area contributed by atoms with Crippen LogP contribution in [0.1, 0.15) is 12.2 Å². The number of H-pyrrole nitrogens is 2. The highest BCUT2D eigenvalue weighted by atomic mass is 16.1. The van der Waals surface area contributed by atoms with Crippen molar-refractivity contribution in [1.29, 1.82) is 0 Å². The molecule has 0 fully saturated rings. The fraction of sp³-hybridized carbons (Fsp3) is 0.375. The number of imidazole rings is 1. The van der Waals surface area contributed by atoms with Gasteiger partial charge in [-0.1, -0.05) is 0 Å². The molecule has 0 bridgehead atoms. The van der Waals surface area contributed by atoms with E-state index < -0.39 is 0 Å². The number of aromatic amines is 2. The Hall–Kier alpha value is -1.85. The Balaban J connectivity index is 1.84. The van der Waals surface area contributed by atoms with Crippen LogP contribution in [0.15, 0.2) is 23.5 Å². The van der Waals surface area contributed by atoms with Gasteiger partial charge in [0.2, 0.25) is 0 Å². The van der Waals surface area contributed by atoms with Crippen molar-refractivity contribution >= 4 is 0 Å². The van der Waals surface area contributed by atoms with Crippen molar-refractivity contribution in [2.45, 2.75) is 19.4 Å². The van der Waals surface area contributed by atoms with Gasteiger partial charge in [0.1, 0.15) is 12.2 Å². The summed E-state index contributed by atoms with van der Waals surface area (Å²) in [5, 5.41) is 5.99. The first-order valence-corrected chi connectivity index (χ1v) is 4.44. The summed E-state index contributed by atoms with van der Waals surface area (Å²) in [6.45, 7) is 0.663. The van der Waals surface area contributed by atoms with Gasteiger partial charge in [-0.25, -0.2) is 14.9 Å². The Morgan fingerprint density at radius 1 is 1.50 bits per heavy atom. The van der Waals surface area contributed by atoms with E-state index in [1.54, 1.807) is 17.0 Å². The SMILES string of the molecule is O=c1[nH]ncn1CCCc1ncc[nH]1. The molecule has 0 spiro atoms. The molecule has 2 aromatic heterocycles. The molecule has 0 amide bonds. The van der Waals surface area contributed by atoms with Crippen LogP contribution in [-0.2, 0) is 13.0 Å². The predicted molar refractivity (Wildman–Crippen MR) is 49.8 cm³/mol. The smallest absolute Gasteiger partial charge is 0.343 e. The minimum Gasteiger partial charge on any atom is -0.349 e. The lowest BCUT2D eigenvalue weighted by molar-refractivity contribution is 0.614. The Morgan fingerprint density at radius 2 is 2.43 bits per heavy atom. The van der Waals surface area contributed by atoms with Crippen molar-refractivity contribution < 1.29 is 0 Å². The second-order valence-corrected chi connectivity index (χ2v) is 2.99. The average molecular weight is 193 g/mol. The van der Waals surface area contributed by atoms with Gasteiger partial charge in [0.15, 0.2) is 0 Å². The van der Waals surface area contributed by atoms with Crippen LogP contribution >= 0.6 is 0 Å². The molecule has 6 nitrogen and oxygen atoms in total. The second-order valence-electron chi connectivity index (χ2n) is 2.99. The second kappa shape index (κ2) is 3.91. The van der Waals surface area contributed by atoms with Crippen LogP contribution < -0.4 is 5.69 Å². The molecule has 0 saturated heterocycles. The Labute approximate surface area is 80.0 Å². The van der Waals surface area contributed by atoms with E-state index in [1.165, 1.54) is 6.33 Å². The summed E-state index contributed by atoms with van der Waals surface area (Å²) in [7, 11) is 0. The molecule has 2 rings (SSSR count). The lowest BCUT2D eigenvalue weighted by Crippen LogP contribution is -2.16. The van der Waals surface area contributed by atoms with Gasteiger partial charge >= 0.3 is 5.69 Å². The fourth-order valence-electron chi connectivity index (χ4n) is 1.28. The third-order valence-corrected chi connectivity index (χ3v) is 1.99. The number of nitrogens with one attached hydrogen (secondary N) is 2. The van der Waals surface area contributed by atoms with Gasteiger partial charge in [-0.05, 0) is 6.42 Å². The molecule has 0 saturated carbocycles. The van der Waals surface area contributed by atoms with Crippen molar-refractivity contribution in [1.82, 2.24) is 24.7 Å². The van der Waals surface area contributed by atoms with E-state index in [9.17, 15) is 4.79 Å². The van der Waals surface area contributed by atoms with Crippen LogP contribution in [-0.4, -0.2) is 24.7 Å². The van der Waals surface area contributed by atoms with E-state index >= 15 is 0 Å². The van der Waals surface area contributed by atoms with Crippen molar-refractivity contribution in [3.63, 3.8) is 0 Å². The van der Waals surface area contributed by atoms with Gasteiger partial charge in [0.25, 0.3) is 0 Å². The highest BCUT2D eigenvalue weighted by Gasteiger charge is 1.98. The molecule has 0 atom stereocenters. The van der Waals surface area contributed by atoms with Crippen LogP contribution in [0, 0.1) is 0 Å². The molecule has 14 heavy (non-hydrogen) atoms. The van der Waals surface area contributed by atoms with Gasteiger partial charge in [-0.15, -0.1) is 0 Å². The van der Waals surface area contributed by atoms with E-state index in [0.29, 0.717) is 6.54 Å². The van der Waals surface area contributed by atoms with Gasteiger partial charge < -0.3 is 4.98 Å². The first-order chi connectivity index (χ1) is 6.86. The highest BCUT2D eigenvalue weighted by Crippen LogP contribution is 1.95. The molecule has 6 heteroatoms. The number of nitrogens with zero attached hydrogens (tertiary/aromatic N) is 3. The van der Waals surface area contributed by atoms with E-state index in [-0.39, 0.29) is 5.69 Å². The maximum absolute atomic E-state index is 11.0. The fourth-order valence-corrected chi connectivity index (χ4v) is 1.28. The summed E-state index contributed by atoms with van der Waals surface area (Å²) in [5.41, 5.74) is -0.163. The normalized spacial score (nSPS) is 10.6. The summed E-state index contributed by atoms with van der Waals surface area (Å²) in [6.07, 6.45) is 6.72. The summed E-state index contributed by atoms with van der Waals surface area (Å²) >= 11 is 0. The molecule has 0 aliphatic heterocycles. The number of hydrogen-bond acceptors (Lipinski definition) is 3. The zero-order chi connectivity index (χ0) is 9.80.